The molecule has 0 radical (unpaired) electrons. The number of rotatable bonds is 2. The molecule has 0 saturated carbocycles. The van der Waals surface area contributed by atoms with E-state index in [1.165, 1.54) is 12.1 Å². The van der Waals surface area contributed by atoms with E-state index in [9.17, 15) is 9.18 Å². The van der Waals surface area contributed by atoms with Crippen molar-refractivity contribution in [1.82, 2.24) is 0 Å². The van der Waals surface area contributed by atoms with Gasteiger partial charge in [-0.25, -0.2) is 4.39 Å². The van der Waals surface area contributed by atoms with Crippen LogP contribution < -0.4 is 4.74 Å². The second-order valence-corrected chi connectivity index (χ2v) is 5.58. The first-order valence-corrected chi connectivity index (χ1v) is 7.17. The predicted molar refractivity (Wildman–Crippen MR) is 79.8 cm³/mol. The second-order valence-electron chi connectivity index (χ2n) is 5.17. The number of hydrogen-bond donors (Lipinski definition) is 0. The Kier molecular flexibility index (Phi) is 3.68. The summed E-state index contributed by atoms with van der Waals surface area (Å²) in [5.41, 5.74) is 1.66. The summed E-state index contributed by atoms with van der Waals surface area (Å²) in [4.78, 5) is 12.8. The van der Waals surface area contributed by atoms with Crippen LogP contribution in [0, 0.1) is 12.7 Å². The average Bonchev–Trinajstić information content (AvgIpc) is 2.49. The Bertz CT molecular complexity index is 712. The van der Waals surface area contributed by atoms with Gasteiger partial charge in [0.25, 0.3) is 0 Å². The number of benzene rings is 2. The van der Waals surface area contributed by atoms with E-state index in [-0.39, 0.29) is 16.7 Å². The van der Waals surface area contributed by atoms with Gasteiger partial charge in [-0.05, 0) is 37.1 Å². The van der Waals surface area contributed by atoms with Gasteiger partial charge in [0.15, 0.2) is 5.78 Å². The van der Waals surface area contributed by atoms with E-state index in [1.54, 1.807) is 6.92 Å². The smallest absolute Gasteiger partial charge is 0.172 e. The number of hydrogen-bond acceptors (Lipinski definition) is 2. The molecule has 0 amide bonds. The lowest BCUT2D eigenvalue weighted by molar-refractivity contribution is 0.0933. The van der Waals surface area contributed by atoms with Crippen molar-refractivity contribution in [2.45, 2.75) is 19.3 Å². The molecule has 21 heavy (non-hydrogen) atoms. The van der Waals surface area contributed by atoms with Gasteiger partial charge in [0, 0.05) is 11.1 Å². The van der Waals surface area contributed by atoms with Crippen LogP contribution >= 0.6 is 11.6 Å². The molecule has 108 valence electrons. The number of ether oxygens (including phenoxy) is 1. The van der Waals surface area contributed by atoms with E-state index in [0.717, 1.165) is 11.3 Å². The van der Waals surface area contributed by atoms with Gasteiger partial charge in [-0.1, -0.05) is 29.8 Å². The van der Waals surface area contributed by atoms with Gasteiger partial charge in [-0.2, -0.15) is 0 Å². The Morgan fingerprint density at radius 3 is 2.90 bits per heavy atom. The number of Topliss-reactive ketones (excluding diaryl/α,β-unsaturated/α-hetero) is 1. The lowest BCUT2D eigenvalue weighted by atomic mass is 9.86. The zero-order valence-electron chi connectivity index (χ0n) is 11.5. The van der Waals surface area contributed by atoms with Gasteiger partial charge in [0.05, 0.1) is 17.5 Å². The highest BCUT2D eigenvalue weighted by Crippen LogP contribution is 2.37. The molecule has 2 aromatic rings. The third-order valence-electron chi connectivity index (χ3n) is 3.79. The minimum Gasteiger partial charge on any atom is -0.493 e. The van der Waals surface area contributed by atoms with E-state index in [0.29, 0.717) is 24.2 Å². The molecule has 1 aliphatic rings. The summed E-state index contributed by atoms with van der Waals surface area (Å²) < 4.78 is 19.1. The molecular formula is C17H14ClFO2. The molecule has 0 bridgehead atoms. The summed E-state index contributed by atoms with van der Waals surface area (Å²) >= 11 is 6.05. The van der Waals surface area contributed by atoms with Crippen molar-refractivity contribution in [2.24, 2.45) is 0 Å². The van der Waals surface area contributed by atoms with Crippen molar-refractivity contribution in [3.63, 3.8) is 0 Å². The molecule has 0 aliphatic carbocycles. The van der Waals surface area contributed by atoms with Gasteiger partial charge in [0.1, 0.15) is 11.6 Å². The van der Waals surface area contributed by atoms with Crippen LogP contribution in [0.4, 0.5) is 4.39 Å². The second kappa shape index (κ2) is 5.49. The van der Waals surface area contributed by atoms with Crippen molar-refractivity contribution in [3.8, 4) is 5.75 Å². The van der Waals surface area contributed by atoms with Crippen LogP contribution in [-0.2, 0) is 0 Å². The van der Waals surface area contributed by atoms with E-state index in [4.69, 9.17) is 16.3 Å². The molecule has 4 heteroatoms. The van der Waals surface area contributed by atoms with Crippen LogP contribution in [0.3, 0.4) is 0 Å². The number of fused-ring (bicyclic) bond motifs is 1. The Morgan fingerprint density at radius 1 is 1.33 bits per heavy atom. The maximum absolute atomic E-state index is 13.5. The van der Waals surface area contributed by atoms with E-state index in [1.807, 2.05) is 24.3 Å². The Balaban J connectivity index is 2.03. The first kappa shape index (κ1) is 14.1. The average molecular weight is 305 g/mol. The van der Waals surface area contributed by atoms with Crippen LogP contribution in [0.15, 0.2) is 36.4 Å². The van der Waals surface area contributed by atoms with E-state index >= 15 is 0 Å². The standard InChI is InChI=1S/C17H14ClFO2/c1-10-8-13(14(18)9-15(10)19)17(20)12-6-7-21-16-5-3-2-4-11(12)16/h2-5,8-9,12H,6-7H2,1H3. The Labute approximate surface area is 127 Å². The van der Waals surface area contributed by atoms with Gasteiger partial charge >= 0.3 is 0 Å². The van der Waals surface area contributed by atoms with Crippen LogP contribution in [-0.4, -0.2) is 12.4 Å². The van der Waals surface area contributed by atoms with Crippen LogP contribution in [0.1, 0.15) is 33.8 Å². The van der Waals surface area contributed by atoms with E-state index < -0.39 is 5.82 Å². The number of carbonyl (C=O) groups is 1. The SMILES string of the molecule is Cc1cc(C(=O)C2CCOc3ccccc32)c(Cl)cc1F. The van der Waals surface area contributed by atoms with Crippen molar-refractivity contribution < 1.29 is 13.9 Å². The lowest BCUT2D eigenvalue weighted by Gasteiger charge is -2.25. The number of para-hydroxylation sites is 1. The van der Waals surface area contributed by atoms with Crippen LogP contribution in [0.25, 0.3) is 0 Å². The third kappa shape index (κ3) is 2.54. The summed E-state index contributed by atoms with van der Waals surface area (Å²) in [5.74, 6) is -0.0443. The van der Waals surface area contributed by atoms with Gasteiger partial charge < -0.3 is 4.74 Å². The summed E-state index contributed by atoms with van der Waals surface area (Å²) in [5, 5.41) is 0.159. The van der Waals surface area contributed by atoms with Crippen molar-refractivity contribution >= 4 is 17.4 Å². The van der Waals surface area contributed by atoms with Crippen LogP contribution in [0.2, 0.25) is 5.02 Å². The van der Waals surface area contributed by atoms with Crippen LogP contribution in [0.5, 0.6) is 5.75 Å². The minimum absolute atomic E-state index is 0.0844. The molecule has 0 aromatic heterocycles. The fourth-order valence-electron chi connectivity index (χ4n) is 2.65. The monoisotopic (exact) mass is 304 g/mol. The predicted octanol–water partition coefficient (Wildman–Crippen LogP) is 4.54. The first-order valence-electron chi connectivity index (χ1n) is 6.79. The molecule has 0 saturated heterocycles. The quantitative estimate of drug-likeness (QED) is 0.762. The summed E-state index contributed by atoms with van der Waals surface area (Å²) in [6, 6.07) is 10.2. The molecule has 2 nitrogen and oxygen atoms in total. The number of aryl methyl sites for hydroxylation is 1. The molecule has 0 fully saturated rings. The molecule has 0 N–H and O–H groups in total. The van der Waals surface area contributed by atoms with Crippen molar-refractivity contribution in [3.05, 3.63) is 63.9 Å². The summed E-state index contributed by atoms with van der Waals surface area (Å²) in [7, 11) is 0. The largest absolute Gasteiger partial charge is 0.493 e. The number of carbonyl (C=O) groups excluding carboxylic acids is 1. The molecule has 1 atom stereocenters. The van der Waals surface area contributed by atoms with Gasteiger partial charge in [-0.15, -0.1) is 0 Å². The maximum Gasteiger partial charge on any atom is 0.172 e. The zero-order valence-corrected chi connectivity index (χ0v) is 12.3. The van der Waals surface area contributed by atoms with Crippen molar-refractivity contribution in [2.75, 3.05) is 6.61 Å². The topological polar surface area (TPSA) is 26.3 Å². The van der Waals surface area contributed by atoms with Crippen molar-refractivity contribution in [1.29, 1.82) is 0 Å². The molecular weight excluding hydrogens is 291 g/mol. The fourth-order valence-corrected chi connectivity index (χ4v) is 2.89. The summed E-state index contributed by atoms with van der Waals surface area (Å²) in [6.07, 6.45) is 0.600. The minimum atomic E-state index is -0.399. The number of ketones is 1. The third-order valence-corrected chi connectivity index (χ3v) is 4.10. The highest BCUT2D eigenvalue weighted by atomic mass is 35.5. The van der Waals surface area contributed by atoms with Gasteiger partial charge in [-0.3, -0.25) is 4.79 Å². The fraction of sp³-hybridized carbons (Fsp3) is 0.235. The molecule has 1 unspecified atom stereocenters. The molecule has 0 spiro atoms. The molecule has 2 aromatic carbocycles. The summed E-state index contributed by atoms with van der Waals surface area (Å²) in [6.45, 7) is 2.12. The highest BCUT2D eigenvalue weighted by Gasteiger charge is 2.29. The first-order chi connectivity index (χ1) is 10.1. The van der Waals surface area contributed by atoms with E-state index in [2.05, 4.69) is 0 Å². The highest BCUT2D eigenvalue weighted by molar-refractivity contribution is 6.34. The van der Waals surface area contributed by atoms with Gasteiger partial charge in [0.2, 0.25) is 0 Å². The number of halogens is 2. The Morgan fingerprint density at radius 2 is 2.10 bits per heavy atom. The molecule has 3 rings (SSSR count). The lowest BCUT2D eigenvalue weighted by Crippen LogP contribution is -2.21. The normalized spacial score (nSPS) is 17.0. The molecule has 1 heterocycles. The maximum atomic E-state index is 13.5. The zero-order chi connectivity index (χ0) is 15.0. The molecule has 1 aliphatic heterocycles. The Hall–Kier alpha value is -1.87.